The molecule has 0 fully saturated rings. The van der Waals surface area contributed by atoms with Gasteiger partial charge in [-0.25, -0.2) is 0 Å². The van der Waals surface area contributed by atoms with Crippen LogP contribution in [0.25, 0.3) is 6.08 Å². The average Bonchev–Trinajstić information content (AvgIpc) is 2.13. The molecule has 1 rings (SSSR count). The standard InChI is InChI=1S/C10H12.C2H4/c1-4-10-7-5-6-8(2)9(10)3;1-2/h4-7H,1H2,2-3H3;1-2H2. The summed E-state index contributed by atoms with van der Waals surface area (Å²) >= 11 is 0. The molecule has 0 heteroatoms. The van der Waals surface area contributed by atoms with E-state index in [1.807, 2.05) is 6.08 Å². The first-order valence-electron chi connectivity index (χ1n) is 3.94. The molecule has 0 aliphatic heterocycles. The Kier molecular flexibility index (Phi) is 4.78. The van der Waals surface area contributed by atoms with E-state index in [9.17, 15) is 0 Å². The highest BCUT2D eigenvalue weighted by Crippen LogP contribution is 2.12. The smallest absolute Gasteiger partial charge is 0.0231 e. The van der Waals surface area contributed by atoms with E-state index in [-0.39, 0.29) is 0 Å². The Labute approximate surface area is 75.2 Å². The van der Waals surface area contributed by atoms with Crippen molar-refractivity contribution in [2.24, 2.45) is 0 Å². The highest BCUT2D eigenvalue weighted by Gasteiger charge is 1.93. The van der Waals surface area contributed by atoms with Gasteiger partial charge in [0.2, 0.25) is 0 Å². The Hall–Kier alpha value is -1.30. The number of hydrogen-bond acceptors (Lipinski definition) is 0. The van der Waals surface area contributed by atoms with Crippen LogP contribution in [0.2, 0.25) is 0 Å². The molecule has 0 saturated heterocycles. The molecule has 0 radical (unpaired) electrons. The van der Waals surface area contributed by atoms with Crippen LogP contribution in [0.3, 0.4) is 0 Å². The number of benzene rings is 1. The molecule has 0 spiro atoms. The van der Waals surface area contributed by atoms with Crippen molar-refractivity contribution in [1.82, 2.24) is 0 Å². The second-order valence-electron chi connectivity index (χ2n) is 2.49. The second kappa shape index (κ2) is 5.36. The van der Waals surface area contributed by atoms with E-state index < -0.39 is 0 Å². The fourth-order valence-corrected chi connectivity index (χ4v) is 0.995. The number of aryl methyl sites for hydroxylation is 1. The summed E-state index contributed by atoms with van der Waals surface area (Å²) in [7, 11) is 0. The molecular weight excluding hydrogens is 144 g/mol. The van der Waals surface area contributed by atoms with Crippen LogP contribution < -0.4 is 0 Å². The first-order chi connectivity index (χ1) is 5.75. The average molecular weight is 160 g/mol. The van der Waals surface area contributed by atoms with Crippen LogP contribution in [-0.4, -0.2) is 0 Å². The summed E-state index contributed by atoms with van der Waals surface area (Å²) in [5.74, 6) is 0. The molecule has 0 bridgehead atoms. The van der Waals surface area contributed by atoms with Gasteiger partial charge in [0.15, 0.2) is 0 Å². The van der Waals surface area contributed by atoms with Crippen LogP contribution in [0.4, 0.5) is 0 Å². The number of rotatable bonds is 1. The van der Waals surface area contributed by atoms with Crippen molar-refractivity contribution >= 4 is 6.08 Å². The predicted octanol–water partition coefficient (Wildman–Crippen LogP) is 3.75. The Morgan fingerprint density at radius 1 is 1.17 bits per heavy atom. The van der Waals surface area contributed by atoms with Crippen LogP contribution in [-0.2, 0) is 0 Å². The summed E-state index contributed by atoms with van der Waals surface area (Å²) in [6, 6.07) is 6.25. The highest BCUT2D eigenvalue weighted by molar-refractivity contribution is 5.53. The third-order valence-corrected chi connectivity index (χ3v) is 1.87. The van der Waals surface area contributed by atoms with Gasteiger partial charge < -0.3 is 0 Å². The lowest BCUT2D eigenvalue weighted by atomic mass is 10.0. The van der Waals surface area contributed by atoms with Gasteiger partial charge in [0.25, 0.3) is 0 Å². The van der Waals surface area contributed by atoms with Gasteiger partial charge in [0.05, 0.1) is 0 Å². The normalized spacial score (nSPS) is 8.17. The zero-order chi connectivity index (χ0) is 9.56. The molecule has 0 amide bonds. The van der Waals surface area contributed by atoms with Gasteiger partial charge >= 0.3 is 0 Å². The summed E-state index contributed by atoms with van der Waals surface area (Å²) in [6.07, 6.45) is 1.89. The third-order valence-electron chi connectivity index (χ3n) is 1.87. The Bertz CT molecular complexity index is 259. The molecule has 0 unspecified atom stereocenters. The number of hydrogen-bond donors (Lipinski definition) is 0. The largest absolute Gasteiger partial charge is 0.106 e. The van der Waals surface area contributed by atoms with Crippen LogP contribution in [0.1, 0.15) is 16.7 Å². The van der Waals surface area contributed by atoms with Crippen molar-refractivity contribution in [2.75, 3.05) is 0 Å². The van der Waals surface area contributed by atoms with Crippen molar-refractivity contribution in [3.05, 3.63) is 54.6 Å². The molecule has 1 aromatic carbocycles. The topological polar surface area (TPSA) is 0 Å². The molecular formula is C12H16. The molecule has 12 heavy (non-hydrogen) atoms. The molecule has 64 valence electrons. The van der Waals surface area contributed by atoms with Crippen LogP contribution in [0.5, 0.6) is 0 Å². The lowest BCUT2D eigenvalue weighted by Gasteiger charge is -2.01. The van der Waals surface area contributed by atoms with E-state index in [1.54, 1.807) is 0 Å². The molecule has 1 aromatic rings. The molecule has 0 N–H and O–H groups in total. The van der Waals surface area contributed by atoms with E-state index in [0.717, 1.165) is 0 Å². The molecule has 0 aromatic heterocycles. The van der Waals surface area contributed by atoms with Crippen molar-refractivity contribution in [1.29, 1.82) is 0 Å². The third kappa shape index (κ3) is 2.39. The fourth-order valence-electron chi connectivity index (χ4n) is 0.995. The molecule has 0 nitrogen and oxygen atoms in total. The predicted molar refractivity (Wildman–Crippen MR) is 57.3 cm³/mol. The van der Waals surface area contributed by atoms with Gasteiger partial charge in [-0.15, -0.1) is 13.2 Å². The first-order valence-corrected chi connectivity index (χ1v) is 3.94. The first kappa shape index (κ1) is 10.7. The fraction of sp³-hybridized carbons (Fsp3) is 0.167. The maximum atomic E-state index is 3.73. The van der Waals surface area contributed by atoms with Gasteiger partial charge in [-0.3, -0.25) is 0 Å². The molecule has 0 saturated carbocycles. The van der Waals surface area contributed by atoms with E-state index in [2.05, 4.69) is 51.8 Å². The molecule has 0 aliphatic carbocycles. The Balaban J connectivity index is 0.000000561. The quantitative estimate of drug-likeness (QED) is 0.549. The van der Waals surface area contributed by atoms with Crippen molar-refractivity contribution in [2.45, 2.75) is 13.8 Å². The molecule has 0 heterocycles. The minimum Gasteiger partial charge on any atom is -0.106 e. The maximum absolute atomic E-state index is 3.73. The van der Waals surface area contributed by atoms with Gasteiger partial charge in [0, 0.05) is 0 Å². The lowest BCUT2D eigenvalue weighted by molar-refractivity contribution is 1.33. The Morgan fingerprint density at radius 3 is 2.17 bits per heavy atom. The van der Waals surface area contributed by atoms with E-state index in [1.165, 1.54) is 16.7 Å². The van der Waals surface area contributed by atoms with Crippen LogP contribution >= 0.6 is 0 Å². The summed E-state index contributed by atoms with van der Waals surface area (Å²) < 4.78 is 0. The Morgan fingerprint density at radius 2 is 1.75 bits per heavy atom. The minimum atomic E-state index is 1.24. The van der Waals surface area contributed by atoms with Gasteiger partial charge in [-0.2, -0.15) is 0 Å². The van der Waals surface area contributed by atoms with Crippen LogP contribution in [0.15, 0.2) is 37.9 Å². The van der Waals surface area contributed by atoms with Crippen molar-refractivity contribution < 1.29 is 0 Å². The lowest BCUT2D eigenvalue weighted by Crippen LogP contribution is -1.83. The summed E-state index contributed by atoms with van der Waals surface area (Å²) in [4.78, 5) is 0. The SMILES string of the molecule is C=C.C=Cc1cccc(C)c1C. The molecule has 0 atom stereocenters. The molecule has 0 aliphatic rings. The minimum absolute atomic E-state index is 1.24. The monoisotopic (exact) mass is 160 g/mol. The van der Waals surface area contributed by atoms with Gasteiger partial charge in [0.1, 0.15) is 0 Å². The zero-order valence-electron chi connectivity index (χ0n) is 7.93. The highest BCUT2D eigenvalue weighted by atomic mass is 14.0. The zero-order valence-corrected chi connectivity index (χ0v) is 7.93. The summed E-state index contributed by atoms with van der Waals surface area (Å²) in [5.41, 5.74) is 3.90. The van der Waals surface area contributed by atoms with Crippen molar-refractivity contribution in [3.63, 3.8) is 0 Å². The van der Waals surface area contributed by atoms with Crippen LogP contribution in [0, 0.1) is 13.8 Å². The maximum Gasteiger partial charge on any atom is -0.0231 e. The van der Waals surface area contributed by atoms with Gasteiger partial charge in [-0.1, -0.05) is 30.9 Å². The van der Waals surface area contributed by atoms with E-state index in [4.69, 9.17) is 0 Å². The summed E-state index contributed by atoms with van der Waals surface area (Å²) in [5, 5.41) is 0. The van der Waals surface area contributed by atoms with Crippen molar-refractivity contribution in [3.8, 4) is 0 Å². The second-order valence-corrected chi connectivity index (χ2v) is 2.49. The van der Waals surface area contributed by atoms with E-state index in [0.29, 0.717) is 0 Å². The van der Waals surface area contributed by atoms with E-state index >= 15 is 0 Å². The van der Waals surface area contributed by atoms with Gasteiger partial charge in [-0.05, 0) is 30.5 Å². The summed E-state index contributed by atoms with van der Waals surface area (Å²) in [6.45, 7) is 14.0.